The van der Waals surface area contributed by atoms with Crippen molar-refractivity contribution in [2.75, 3.05) is 13.7 Å². The van der Waals surface area contributed by atoms with Crippen LogP contribution in [0.15, 0.2) is 17.5 Å². The predicted molar refractivity (Wildman–Crippen MR) is 71.4 cm³/mol. The van der Waals surface area contributed by atoms with Crippen molar-refractivity contribution in [3.63, 3.8) is 0 Å². The molecule has 0 spiro atoms. The molecule has 1 aromatic rings. The summed E-state index contributed by atoms with van der Waals surface area (Å²) in [6.45, 7) is 4.21. The number of thiophene rings is 1. The Kier molecular flexibility index (Phi) is 5.85. The van der Waals surface area contributed by atoms with E-state index in [4.69, 9.17) is 0 Å². The summed E-state index contributed by atoms with van der Waals surface area (Å²) in [5.74, 6) is -1.52. The Bertz CT molecular complexity index is 387. The third-order valence-electron chi connectivity index (χ3n) is 2.65. The van der Waals surface area contributed by atoms with E-state index in [1.807, 2.05) is 31.4 Å². The van der Waals surface area contributed by atoms with Crippen LogP contribution in [-0.2, 0) is 20.7 Å². The van der Waals surface area contributed by atoms with Gasteiger partial charge in [0.1, 0.15) is 5.92 Å². The maximum Gasteiger partial charge on any atom is 0.318 e. The Labute approximate surface area is 111 Å². The molecule has 1 aromatic heterocycles. The van der Waals surface area contributed by atoms with Gasteiger partial charge >= 0.3 is 5.97 Å². The van der Waals surface area contributed by atoms with Gasteiger partial charge in [-0.05, 0) is 23.8 Å². The molecule has 0 saturated heterocycles. The first-order chi connectivity index (χ1) is 8.56. The molecule has 0 radical (unpaired) electrons. The van der Waals surface area contributed by atoms with Crippen molar-refractivity contribution in [3.8, 4) is 0 Å². The smallest absolute Gasteiger partial charge is 0.318 e. The van der Waals surface area contributed by atoms with E-state index < -0.39 is 11.9 Å². The first-order valence-corrected chi connectivity index (χ1v) is 6.82. The number of methoxy groups -OCH3 is 1. The van der Waals surface area contributed by atoms with Crippen molar-refractivity contribution >= 4 is 23.2 Å². The molecule has 0 aliphatic heterocycles. The number of rotatable bonds is 6. The molecule has 0 saturated carbocycles. The van der Waals surface area contributed by atoms with Gasteiger partial charge in [0, 0.05) is 11.4 Å². The number of nitrogens with one attached hydrogen (secondary N) is 1. The van der Waals surface area contributed by atoms with Gasteiger partial charge in [-0.15, -0.1) is 11.3 Å². The monoisotopic (exact) mass is 269 g/mol. The summed E-state index contributed by atoms with van der Waals surface area (Å²) >= 11 is 1.66. The summed E-state index contributed by atoms with van der Waals surface area (Å²) in [5, 5.41) is 4.79. The van der Waals surface area contributed by atoms with Crippen LogP contribution in [0.1, 0.15) is 18.7 Å². The van der Waals surface area contributed by atoms with Crippen LogP contribution < -0.4 is 5.32 Å². The SMILES string of the molecule is COC(=O)C(C(=O)NCCc1cccs1)C(C)C. The van der Waals surface area contributed by atoms with Gasteiger partial charge in [0.05, 0.1) is 7.11 Å². The predicted octanol–water partition coefficient (Wildman–Crippen LogP) is 1.85. The van der Waals surface area contributed by atoms with Crippen molar-refractivity contribution in [2.24, 2.45) is 11.8 Å². The number of hydrogen-bond acceptors (Lipinski definition) is 4. The van der Waals surface area contributed by atoms with Crippen LogP contribution >= 0.6 is 11.3 Å². The molecular weight excluding hydrogens is 250 g/mol. The fraction of sp³-hybridized carbons (Fsp3) is 0.538. The molecule has 1 N–H and O–H groups in total. The number of carbonyl (C=O) groups is 2. The highest BCUT2D eigenvalue weighted by atomic mass is 32.1. The largest absolute Gasteiger partial charge is 0.468 e. The normalized spacial score (nSPS) is 12.2. The summed E-state index contributed by atoms with van der Waals surface area (Å²) in [4.78, 5) is 24.6. The molecule has 1 amide bonds. The molecule has 1 atom stereocenters. The minimum Gasteiger partial charge on any atom is -0.468 e. The fourth-order valence-corrected chi connectivity index (χ4v) is 2.39. The molecule has 18 heavy (non-hydrogen) atoms. The van der Waals surface area contributed by atoms with E-state index in [0.29, 0.717) is 6.54 Å². The van der Waals surface area contributed by atoms with Crippen LogP contribution in [0.4, 0.5) is 0 Å². The maximum atomic E-state index is 11.9. The number of esters is 1. The summed E-state index contributed by atoms with van der Waals surface area (Å²) < 4.78 is 4.65. The zero-order chi connectivity index (χ0) is 13.5. The standard InChI is InChI=1S/C13H19NO3S/c1-9(2)11(13(16)17-3)12(15)14-7-6-10-5-4-8-18-10/h4-5,8-9,11H,6-7H2,1-3H3,(H,14,15). The van der Waals surface area contributed by atoms with Crippen molar-refractivity contribution in [1.29, 1.82) is 0 Å². The van der Waals surface area contributed by atoms with Gasteiger partial charge in [-0.25, -0.2) is 0 Å². The Morgan fingerprint density at radius 2 is 2.17 bits per heavy atom. The zero-order valence-electron chi connectivity index (χ0n) is 10.9. The van der Waals surface area contributed by atoms with E-state index >= 15 is 0 Å². The lowest BCUT2D eigenvalue weighted by atomic mass is 9.95. The molecule has 1 heterocycles. The second-order valence-corrected chi connectivity index (χ2v) is 5.40. The zero-order valence-corrected chi connectivity index (χ0v) is 11.8. The molecule has 0 aliphatic carbocycles. The molecular formula is C13H19NO3S. The fourth-order valence-electron chi connectivity index (χ4n) is 1.68. The summed E-state index contributed by atoms with van der Waals surface area (Å²) in [5.41, 5.74) is 0. The summed E-state index contributed by atoms with van der Waals surface area (Å²) in [6.07, 6.45) is 0.787. The highest BCUT2D eigenvalue weighted by molar-refractivity contribution is 7.09. The average molecular weight is 269 g/mol. The van der Waals surface area contributed by atoms with Gasteiger partial charge in [0.15, 0.2) is 0 Å². The lowest BCUT2D eigenvalue weighted by Gasteiger charge is -2.17. The van der Waals surface area contributed by atoms with Gasteiger partial charge in [0.2, 0.25) is 5.91 Å². The molecule has 0 bridgehead atoms. The second-order valence-electron chi connectivity index (χ2n) is 4.37. The Morgan fingerprint density at radius 1 is 1.44 bits per heavy atom. The number of ether oxygens (including phenoxy) is 1. The Balaban J connectivity index is 2.44. The molecule has 1 rings (SSSR count). The van der Waals surface area contributed by atoms with Gasteiger partial charge in [-0.1, -0.05) is 19.9 Å². The Morgan fingerprint density at radius 3 is 2.67 bits per heavy atom. The van der Waals surface area contributed by atoms with E-state index in [0.717, 1.165) is 6.42 Å². The topological polar surface area (TPSA) is 55.4 Å². The van der Waals surface area contributed by atoms with Gasteiger partial charge < -0.3 is 10.1 Å². The van der Waals surface area contributed by atoms with Crippen LogP contribution in [0.25, 0.3) is 0 Å². The molecule has 0 fully saturated rings. The minimum atomic E-state index is -0.724. The van der Waals surface area contributed by atoms with E-state index in [9.17, 15) is 9.59 Å². The minimum absolute atomic E-state index is 0.0702. The molecule has 100 valence electrons. The number of amides is 1. The van der Waals surface area contributed by atoms with Crippen molar-refractivity contribution in [2.45, 2.75) is 20.3 Å². The van der Waals surface area contributed by atoms with E-state index in [2.05, 4.69) is 10.1 Å². The van der Waals surface area contributed by atoms with Gasteiger partial charge in [-0.3, -0.25) is 9.59 Å². The van der Waals surface area contributed by atoms with Crippen molar-refractivity contribution < 1.29 is 14.3 Å². The quantitative estimate of drug-likeness (QED) is 0.633. The molecule has 1 unspecified atom stereocenters. The Hall–Kier alpha value is -1.36. The number of hydrogen-bond donors (Lipinski definition) is 1. The van der Waals surface area contributed by atoms with Gasteiger partial charge in [0.25, 0.3) is 0 Å². The molecule has 4 nitrogen and oxygen atoms in total. The first kappa shape index (κ1) is 14.7. The second kappa shape index (κ2) is 7.16. The van der Waals surface area contributed by atoms with Crippen LogP contribution in [-0.4, -0.2) is 25.5 Å². The van der Waals surface area contributed by atoms with Crippen LogP contribution in [0, 0.1) is 11.8 Å². The van der Waals surface area contributed by atoms with E-state index in [1.165, 1.54) is 12.0 Å². The lowest BCUT2D eigenvalue weighted by molar-refractivity contribution is -0.151. The lowest BCUT2D eigenvalue weighted by Crippen LogP contribution is -2.39. The molecule has 5 heteroatoms. The van der Waals surface area contributed by atoms with Crippen molar-refractivity contribution in [3.05, 3.63) is 22.4 Å². The van der Waals surface area contributed by atoms with Crippen LogP contribution in [0.5, 0.6) is 0 Å². The highest BCUT2D eigenvalue weighted by Crippen LogP contribution is 2.13. The molecule has 0 aliphatic rings. The number of carbonyl (C=O) groups excluding carboxylic acids is 2. The average Bonchev–Trinajstić information content (AvgIpc) is 2.81. The first-order valence-electron chi connectivity index (χ1n) is 5.94. The third kappa shape index (κ3) is 4.14. The summed E-state index contributed by atoms with van der Waals surface area (Å²) in [7, 11) is 1.30. The third-order valence-corrected chi connectivity index (χ3v) is 3.59. The van der Waals surface area contributed by atoms with E-state index in [-0.39, 0.29) is 11.8 Å². The highest BCUT2D eigenvalue weighted by Gasteiger charge is 2.30. The molecule has 0 aromatic carbocycles. The van der Waals surface area contributed by atoms with E-state index in [1.54, 1.807) is 11.3 Å². The maximum absolute atomic E-state index is 11.9. The van der Waals surface area contributed by atoms with Crippen LogP contribution in [0.2, 0.25) is 0 Å². The van der Waals surface area contributed by atoms with Gasteiger partial charge in [-0.2, -0.15) is 0 Å². The summed E-state index contributed by atoms with van der Waals surface area (Å²) in [6, 6.07) is 4.00. The van der Waals surface area contributed by atoms with Crippen LogP contribution in [0.3, 0.4) is 0 Å². The van der Waals surface area contributed by atoms with Crippen molar-refractivity contribution in [1.82, 2.24) is 5.32 Å².